The Morgan fingerprint density at radius 1 is 1.21 bits per heavy atom. The largest absolute Gasteiger partial charge is 0.497 e. The van der Waals surface area contributed by atoms with Crippen LogP contribution >= 0.6 is 0 Å². The molecule has 0 radical (unpaired) electrons. The smallest absolute Gasteiger partial charge is 0.299 e. The number of methoxy groups -OCH3 is 1. The average molecular weight is 396 g/mol. The van der Waals surface area contributed by atoms with Gasteiger partial charge in [0.05, 0.1) is 7.11 Å². The zero-order valence-corrected chi connectivity index (χ0v) is 17.9. The Kier molecular flexibility index (Phi) is 7.11. The maximum atomic E-state index is 13.2. The molecule has 29 heavy (non-hydrogen) atoms. The fourth-order valence-electron chi connectivity index (χ4n) is 2.98. The molecular weight excluding hydrogens is 366 g/mol. The summed E-state index contributed by atoms with van der Waals surface area (Å²) in [5.41, 5.74) is 1.17. The van der Waals surface area contributed by atoms with Gasteiger partial charge in [-0.15, -0.1) is 0 Å². The quantitative estimate of drug-likeness (QED) is 0.765. The first-order valence-corrected chi connectivity index (χ1v) is 9.45. The monoisotopic (exact) mass is 395 g/mol. The number of amides is 2. The van der Waals surface area contributed by atoms with Crippen LogP contribution in [0.25, 0.3) is 0 Å². The molecule has 0 saturated carbocycles. The van der Waals surface area contributed by atoms with Crippen molar-refractivity contribution in [3.05, 3.63) is 53.9 Å². The zero-order chi connectivity index (χ0) is 21.6. The number of nitrogens with one attached hydrogen (secondary N) is 1. The summed E-state index contributed by atoms with van der Waals surface area (Å²) in [7, 11) is 3.48. The van der Waals surface area contributed by atoms with Crippen LogP contribution in [0, 0.1) is 11.8 Å². The number of hydrogen-bond acceptors (Lipinski definition) is 3. The van der Waals surface area contributed by atoms with Crippen LogP contribution in [0.5, 0.6) is 5.75 Å². The third kappa shape index (κ3) is 6.15. The number of carbonyl (C=O) groups is 2. The van der Waals surface area contributed by atoms with Crippen LogP contribution in [0.15, 0.2) is 42.7 Å². The molecule has 2 aromatic rings. The summed E-state index contributed by atoms with van der Waals surface area (Å²) in [4.78, 5) is 27.6. The first kappa shape index (κ1) is 22.1. The van der Waals surface area contributed by atoms with Gasteiger partial charge in [0.15, 0.2) is 0 Å². The van der Waals surface area contributed by atoms with E-state index in [1.807, 2.05) is 75.1 Å². The molecule has 6 nitrogen and oxygen atoms in total. The van der Waals surface area contributed by atoms with Crippen LogP contribution in [0.3, 0.4) is 0 Å². The second-order valence-electron chi connectivity index (χ2n) is 7.91. The highest BCUT2D eigenvalue weighted by molar-refractivity contribution is 5.97. The third-order valence-electron chi connectivity index (χ3n) is 4.23. The molecule has 2 amide bonds. The molecule has 0 aliphatic rings. The van der Waals surface area contributed by atoms with Gasteiger partial charge in [0.2, 0.25) is 5.91 Å². The number of aromatic nitrogens is 1. The van der Waals surface area contributed by atoms with E-state index in [-0.39, 0.29) is 12.5 Å². The molecule has 1 N–H and O–H groups in total. The number of rotatable bonds is 6. The Bertz CT molecular complexity index is 911. The molecule has 1 aromatic carbocycles. The Morgan fingerprint density at radius 3 is 2.34 bits per heavy atom. The fraction of sp³-hybridized carbons (Fsp3) is 0.391. The minimum atomic E-state index is -0.800. The number of nitrogens with zero attached hydrogens (tertiary/aromatic N) is 2. The van der Waals surface area contributed by atoms with Crippen molar-refractivity contribution in [2.45, 2.75) is 45.8 Å². The van der Waals surface area contributed by atoms with Crippen LogP contribution < -0.4 is 10.1 Å². The average Bonchev–Trinajstić information content (AvgIpc) is 3.06. The lowest BCUT2D eigenvalue weighted by Crippen LogP contribution is -2.48. The molecule has 154 valence electrons. The van der Waals surface area contributed by atoms with Gasteiger partial charge in [0, 0.05) is 37.1 Å². The molecule has 0 bridgehead atoms. The molecule has 1 heterocycles. The van der Waals surface area contributed by atoms with Crippen LogP contribution in [0.1, 0.15) is 44.9 Å². The highest BCUT2D eigenvalue weighted by atomic mass is 16.5. The van der Waals surface area contributed by atoms with Crippen molar-refractivity contribution in [2.75, 3.05) is 7.11 Å². The van der Waals surface area contributed by atoms with E-state index in [1.54, 1.807) is 14.0 Å². The lowest BCUT2D eigenvalue weighted by Gasteiger charge is -2.32. The Hall–Kier alpha value is -3.20. The topological polar surface area (TPSA) is 63.6 Å². The summed E-state index contributed by atoms with van der Waals surface area (Å²) < 4.78 is 7.06. The van der Waals surface area contributed by atoms with Gasteiger partial charge < -0.3 is 19.5 Å². The molecule has 1 unspecified atom stereocenters. The van der Waals surface area contributed by atoms with Gasteiger partial charge in [0.25, 0.3) is 5.91 Å². The van der Waals surface area contributed by atoms with Crippen molar-refractivity contribution >= 4 is 11.8 Å². The van der Waals surface area contributed by atoms with Crippen molar-refractivity contribution in [1.82, 2.24) is 14.8 Å². The maximum absolute atomic E-state index is 13.2. The Balaban J connectivity index is 2.48. The highest BCUT2D eigenvalue weighted by Crippen LogP contribution is 2.25. The van der Waals surface area contributed by atoms with Crippen LogP contribution in [0.2, 0.25) is 0 Å². The van der Waals surface area contributed by atoms with Gasteiger partial charge in [-0.25, -0.2) is 0 Å². The summed E-state index contributed by atoms with van der Waals surface area (Å²) >= 11 is 0. The van der Waals surface area contributed by atoms with Gasteiger partial charge in [-0.05, 0) is 57.4 Å². The molecule has 2 rings (SSSR count). The van der Waals surface area contributed by atoms with Gasteiger partial charge in [-0.1, -0.05) is 18.1 Å². The second kappa shape index (κ2) is 9.33. The highest BCUT2D eigenvalue weighted by Gasteiger charge is 2.33. The van der Waals surface area contributed by atoms with E-state index >= 15 is 0 Å². The lowest BCUT2D eigenvalue weighted by molar-refractivity contribution is -0.138. The zero-order valence-electron chi connectivity index (χ0n) is 17.9. The minimum Gasteiger partial charge on any atom is -0.497 e. The number of hydrogen-bond donors (Lipinski definition) is 1. The molecule has 0 aliphatic carbocycles. The normalized spacial score (nSPS) is 11.8. The SMILES string of the molecule is CC#CC(=O)N(Cc1ccc(OC)cc1)C(C(=O)NC(C)(C)C)c1ccn(C)c1. The fourth-order valence-corrected chi connectivity index (χ4v) is 2.98. The van der Waals surface area contributed by atoms with Gasteiger partial charge in [0.1, 0.15) is 11.8 Å². The van der Waals surface area contributed by atoms with E-state index in [9.17, 15) is 9.59 Å². The van der Waals surface area contributed by atoms with Gasteiger partial charge in [-0.3, -0.25) is 9.59 Å². The van der Waals surface area contributed by atoms with E-state index in [2.05, 4.69) is 17.2 Å². The number of aryl methyl sites for hydroxylation is 1. The maximum Gasteiger partial charge on any atom is 0.299 e. The predicted molar refractivity (Wildman–Crippen MR) is 113 cm³/mol. The molecule has 0 aliphatic heterocycles. The minimum absolute atomic E-state index is 0.245. The lowest BCUT2D eigenvalue weighted by atomic mass is 10.0. The molecular formula is C23H29N3O3. The summed E-state index contributed by atoms with van der Waals surface area (Å²) in [6, 6.07) is 8.46. The van der Waals surface area contributed by atoms with Gasteiger partial charge in [-0.2, -0.15) is 0 Å². The van der Waals surface area contributed by atoms with Crippen molar-refractivity contribution in [3.8, 4) is 17.6 Å². The first-order valence-electron chi connectivity index (χ1n) is 9.45. The number of ether oxygens (including phenoxy) is 1. The molecule has 0 spiro atoms. The number of carbonyl (C=O) groups excluding carboxylic acids is 2. The molecule has 1 atom stereocenters. The van der Waals surface area contributed by atoms with E-state index in [1.165, 1.54) is 4.90 Å². The molecule has 0 saturated heterocycles. The predicted octanol–water partition coefficient (Wildman–Crippen LogP) is 3.04. The van der Waals surface area contributed by atoms with Gasteiger partial charge >= 0.3 is 0 Å². The summed E-state index contributed by atoms with van der Waals surface area (Å²) in [5, 5.41) is 3.00. The van der Waals surface area contributed by atoms with Crippen LogP contribution in [-0.2, 0) is 23.2 Å². The second-order valence-corrected chi connectivity index (χ2v) is 7.91. The first-order chi connectivity index (χ1) is 13.6. The standard InChI is InChI=1S/C23H29N3O3/c1-7-8-20(27)26(15-17-9-11-19(29-6)12-10-17)21(18-13-14-25(5)16-18)22(28)24-23(2,3)4/h9-14,16,21H,15H2,1-6H3,(H,24,28). The van der Waals surface area contributed by atoms with Crippen molar-refractivity contribution < 1.29 is 14.3 Å². The van der Waals surface area contributed by atoms with E-state index in [4.69, 9.17) is 4.74 Å². The van der Waals surface area contributed by atoms with Crippen LogP contribution in [0.4, 0.5) is 0 Å². The third-order valence-corrected chi connectivity index (χ3v) is 4.23. The van der Waals surface area contributed by atoms with Crippen LogP contribution in [-0.4, -0.2) is 33.9 Å². The molecule has 6 heteroatoms. The van der Waals surface area contributed by atoms with Crippen molar-refractivity contribution in [1.29, 1.82) is 0 Å². The Morgan fingerprint density at radius 2 is 1.86 bits per heavy atom. The van der Waals surface area contributed by atoms with Crippen molar-refractivity contribution in [3.63, 3.8) is 0 Å². The molecule has 0 fully saturated rings. The summed E-state index contributed by atoms with van der Waals surface area (Å²) in [6.07, 6.45) is 3.70. The van der Waals surface area contributed by atoms with E-state index < -0.39 is 17.5 Å². The van der Waals surface area contributed by atoms with Crippen molar-refractivity contribution in [2.24, 2.45) is 7.05 Å². The van der Waals surface area contributed by atoms with E-state index in [0.717, 1.165) is 16.9 Å². The summed E-state index contributed by atoms with van der Waals surface area (Å²) in [6.45, 7) is 7.59. The summed E-state index contributed by atoms with van der Waals surface area (Å²) in [5.74, 6) is 5.32. The van der Waals surface area contributed by atoms with E-state index in [0.29, 0.717) is 0 Å². The Labute approximate surface area is 172 Å². The number of benzene rings is 1. The molecule has 1 aromatic heterocycles.